The molecule has 96 valence electrons. The van der Waals surface area contributed by atoms with Crippen molar-refractivity contribution < 1.29 is 0 Å². The molecular weight excluding hydrogens is 198 g/mol. The predicted octanol–water partition coefficient (Wildman–Crippen LogP) is 1.26. The fraction of sp³-hybridized carbons (Fsp3) is 1.00. The van der Waals surface area contributed by atoms with Crippen LogP contribution in [0.5, 0.6) is 0 Å². The molecule has 3 heteroatoms. The Labute approximate surface area is 101 Å². The third kappa shape index (κ3) is 5.83. The Morgan fingerprint density at radius 2 is 2.00 bits per heavy atom. The van der Waals surface area contributed by atoms with Crippen molar-refractivity contribution in [2.24, 2.45) is 5.92 Å². The average Bonchev–Trinajstić information content (AvgIpc) is 2.76. The molecule has 0 aromatic rings. The quantitative estimate of drug-likeness (QED) is 0.673. The molecule has 0 spiro atoms. The van der Waals surface area contributed by atoms with Crippen LogP contribution in [0.1, 0.15) is 26.7 Å². The number of hydrogen-bond donors (Lipinski definition) is 1. The van der Waals surface area contributed by atoms with E-state index in [1.165, 1.54) is 45.6 Å². The molecular formula is C13H29N3. The maximum atomic E-state index is 3.41. The summed E-state index contributed by atoms with van der Waals surface area (Å²) in [4.78, 5) is 5.06. The van der Waals surface area contributed by atoms with Gasteiger partial charge >= 0.3 is 0 Å². The Hall–Kier alpha value is -0.120. The second-order valence-corrected chi connectivity index (χ2v) is 5.22. The normalized spacial score (nSPS) is 19.5. The van der Waals surface area contributed by atoms with E-state index in [-0.39, 0.29) is 0 Å². The Balaban J connectivity index is 2.02. The van der Waals surface area contributed by atoms with Crippen LogP contribution in [-0.2, 0) is 0 Å². The van der Waals surface area contributed by atoms with Gasteiger partial charge in [-0.05, 0) is 52.0 Å². The highest BCUT2D eigenvalue weighted by molar-refractivity contribution is 4.68. The summed E-state index contributed by atoms with van der Waals surface area (Å²) in [6.45, 7) is 13.1. The summed E-state index contributed by atoms with van der Waals surface area (Å²) in [6, 6.07) is 0. The van der Waals surface area contributed by atoms with Crippen molar-refractivity contribution in [3.05, 3.63) is 0 Å². The highest BCUT2D eigenvalue weighted by atomic mass is 15.2. The molecule has 0 aromatic carbocycles. The van der Waals surface area contributed by atoms with Crippen LogP contribution in [0.4, 0.5) is 0 Å². The molecule has 16 heavy (non-hydrogen) atoms. The van der Waals surface area contributed by atoms with Gasteiger partial charge in [-0.1, -0.05) is 13.8 Å². The first-order valence-electron chi connectivity index (χ1n) is 6.84. The van der Waals surface area contributed by atoms with Gasteiger partial charge in [-0.3, -0.25) is 0 Å². The highest BCUT2D eigenvalue weighted by Gasteiger charge is 2.12. The first-order chi connectivity index (χ1) is 7.72. The van der Waals surface area contributed by atoms with Gasteiger partial charge in [0.1, 0.15) is 0 Å². The molecule has 0 radical (unpaired) electrons. The fourth-order valence-electron chi connectivity index (χ4n) is 2.40. The molecule has 1 N–H and O–H groups in total. The second kappa shape index (κ2) is 8.04. The molecule has 1 unspecified atom stereocenters. The van der Waals surface area contributed by atoms with Crippen molar-refractivity contribution in [3.63, 3.8) is 0 Å². The van der Waals surface area contributed by atoms with Crippen LogP contribution in [0.2, 0.25) is 0 Å². The number of nitrogens with one attached hydrogen (secondary N) is 1. The summed E-state index contributed by atoms with van der Waals surface area (Å²) in [5, 5.41) is 3.41. The van der Waals surface area contributed by atoms with E-state index in [1.807, 2.05) is 0 Å². The Morgan fingerprint density at radius 1 is 1.31 bits per heavy atom. The van der Waals surface area contributed by atoms with Gasteiger partial charge in [-0.2, -0.15) is 0 Å². The molecule has 0 aromatic heterocycles. The molecule has 1 aliphatic heterocycles. The lowest BCUT2D eigenvalue weighted by atomic mass is 10.1. The molecule has 0 bridgehead atoms. The highest BCUT2D eigenvalue weighted by Crippen LogP contribution is 2.06. The summed E-state index contributed by atoms with van der Waals surface area (Å²) < 4.78 is 0. The number of hydrogen-bond acceptors (Lipinski definition) is 3. The van der Waals surface area contributed by atoms with E-state index in [9.17, 15) is 0 Å². The first-order valence-corrected chi connectivity index (χ1v) is 6.84. The molecule has 1 saturated heterocycles. The van der Waals surface area contributed by atoms with E-state index < -0.39 is 0 Å². The number of rotatable bonds is 8. The van der Waals surface area contributed by atoms with E-state index in [1.54, 1.807) is 0 Å². The summed E-state index contributed by atoms with van der Waals surface area (Å²) in [6.07, 6.45) is 2.81. The van der Waals surface area contributed by atoms with Crippen LogP contribution >= 0.6 is 0 Å². The largest absolute Gasteiger partial charge is 0.317 e. The molecule has 0 saturated carbocycles. The smallest absolute Gasteiger partial charge is 0.0109 e. The third-order valence-corrected chi connectivity index (χ3v) is 3.36. The van der Waals surface area contributed by atoms with Gasteiger partial charge < -0.3 is 15.1 Å². The average molecular weight is 227 g/mol. The Morgan fingerprint density at radius 3 is 2.62 bits per heavy atom. The maximum absolute atomic E-state index is 3.41. The zero-order valence-electron chi connectivity index (χ0n) is 11.3. The zero-order valence-corrected chi connectivity index (χ0v) is 11.3. The predicted molar refractivity (Wildman–Crippen MR) is 70.9 cm³/mol. The molecule has 1 aliphatic rings. The van der Waals surface area contributed by atoms with E-state index in [4.69, 9.17) is 0 Å². The zero-order chi connectivity index (χ0) is 11.8. The number of likely N-dealkylation sites (N-methyl/N-ethyl adjacent to an activating group) is 1. The lowest BCUT2D eigenvalue weighted by Gasteiger charge is -2.24. The summed E-state index contributed by atoms with van der Waals surface area (Å²) in [5.74, 6) is 0.753. The number of nitrogens with zero attached hydrogens (tertiary/aromatic N) is 2. The standard InChI is InChI=1S/C13H29N3/c1-4-14-11-13(2)12-15(3)9-10-16-7-5-6-8-16/h13-14H,4-12H2,1-3H3. The fourth-order valence-corrected chi connectivity index (χ4v) is 2.40. The molecule has 3 nitrogen and oxygen atoms in total. The van der Waals surface area contributed by atoms with Gasteiger partial charge in [0.2, 0.25) is 0 Å². The van der Waals surface area contributed by atoms with Crippen LogP contribution in [0, 0.1) is 5.92 Å². The van der Waals surface area contributed by atoms with E-state index in [0.29, 0.717) is 0 Å². The summed E-state index contributed by atoms with van der Waals surface area (Å²) in [7, 11) is 2.25. The summed E-state index contributed by atoms with van der Waals surface area (Å²) >= 11 is 0. The monoisotopic (exact) mass is 227 g/mol. The van der Waals surface area contributed by atoms with E-state index in [0.717, 1.165) is 19.0 Å². The van der Waals surface area contributed by atoms with E-state index >= 15 is 0 Å². The Kier molecular flexibility index (Phi) is 7.01. The molecule has 1 heterocycles. The van der Waals surface area contributed by atoms with Crippen molar-refractivity contribution in [1.82, 2.24) is 15.1 Å². The van der Waals surface area contributed by atoms with E-state index in [2.05, 4.69) is 36.0 Å². The lowest BCUT2D eigenvalue weighted by molar-refractivity contribution is 0.234. The van der Waals surface area contributed by atoms with Crippen molar-refractivity contribution >= 4 is 0 Å². The SMILES string of the molecule is CCNCC(C)CN(C)CCN1CCCC1. The summed E-state index contributed by atoms with van der Waals surface area (Å²) in [5.41, 5.74) is 0. The first kappa shape index (κ1) is 13.9. The molecule has 0 aliphatic carbocycles. The molecule has 1 rings (SSSR count). The van der Waals surface area contributed by atoms with Gasteiger partial charge in [0, 0.05) is 19.6 Å². The van der Waals surface area contributed by atoms with Crippen molar-refractivity contribution in [3.8, 4) is 0 Å². The van der Waals surface area contributed by atoms with Gasteiger partial charge in [0.25, 0.3) is 0 Å². The minimum absolute atomic E-state index is 0.753. The van der Waals surface area contributed by atoms with Crippen LogP contribution in [0.25, 0.3) is 0 Å². The molecule has 1 atom stereocenters. The van der Waals surface area contributed by atoms with Gasteiger partial charge in [0.15, 0.2) is 0 Å². The van der Waals surface area contributed by atoms with Gasteiger partial charge in [0.05, 0.1) is 0 Å². The minimum atomic E-state index is 0.753. The van der Waals surface area contributed by atoms with Crippen LogP contribution in [0.3, 0.4) is 0 Å². The maximum Gasteiger partial charge on any atom is 0.0109 e. The van der Waals surface area contributed by atoms with Crippen molar-refractivity contribution in [1.29, 1.82) is 0 Å². The molecule has 0 amide bonds. The minimum Gasteiger partial charge on any atom is -0.317 e. The Bertz CT molecular complexity index is 167. The number of likely N-dealkylation sites (tertiary alicyclic amines) is 1. The van der Waals surface area contributed by atoms with Crippen molar-refractivity contribution in [2.75, 3.05) is 52.9 Å². The van der Waals surface area contributed by atoms with Crippen molar-refractivity contribution in [2.45, 2.75) is 26.7 Å². The topological polar surface area (TPSA) is 18.5 Å². The van der Waals surface area contributed by atoms with Crippen LogP contribution < -0.4 is 5.32 Å². The van der Waals surface area contributed by atoms with Crippen LogP contribution in [-0.4, -0.2) is 62.7 Å². The molecule has 1 fully saturated rings. The van der Waals surface area contributed by atoms with Crippen LogP contribution in [0.15, 0.2) is 0 Å². The van der Waals surface area contributed by atoms with Gasteiger partial charge in [-0.15, -0.1) is 0 Å². The second-order valence-electron chi connectivity index (χ2n) is 5.22. The third-order valence-electron chi connectivity index (χ3n) is 3.36. The van der Waals surface area contributed by atoms with Gasteiger partial charge in [-0.25, -0.2) is 0 Å². The lowest BCUT2D eigenvalue weighted by Crippen LogP contribution is -2.36.